The van der Waals surface area contributed by atoms with Gasteiger partial charge < -0.3 is 10.2 Å². The highest BCUT2D eigenvalue weighted by molar-refractivity contribution is 5.97. The number of carbonyl (C=O) groups is 2. The van der Waals surface area contributed by atoms with Crippen LogP contribution in [0.3, 0.4) is 0 Å². The molecule has 5 heteroatoms. The number of carbonyl (C=O) groups excluding carboxylic acids is 2. The lowest BCUT2D eigenvalue weighted by Crippen LogP contribution is -2.29. The second-order valence-electron chi connectivity index (χ2n) is 6.16. The van der Waals surface area contributed by atoms with Crippen LogP contribution >= 0.6 is 0 Å². The Balaban J connectivity index is 1.56. The van der Waals surface area contributed by atoms with Crippen molar-refractivity contribution in [3.05, 3.63) is 65.5 Å². The van der Waals surface area contributed by atoms with Crippen LogP contribution in [0.15, 0.2) is 48.8 Å². The van der Waals surface area contributed by atoms with Crippen molar-refractivity contribution in [1.82, 2.24) is 15.2 Å². The fourth-order valence-electron chi connectivity index (χ4n) is 2.43. The Hall–Kier alpha value is -2.69. The minimum atomic E-state index is -0.0671. The summed E-state index contributed by atoms with van der Waals surface area (Å²) in [4.78, 5) is 30.1. The van der Waals surface area contributed by atoms with Gasteiger partial charge in [-0.3, -0.25) is 14.6 Å². The molecular weight excluding hydrogens is 302 g/mol. The Morgan fingerprint density at radius 2 is 1.71 bits per heavy atom. The number of nitrogens with one attached hydrogen (secondary N) is 1. The molecule has 124 valence electrons. The summed E-state index contributed by atoms with van der Waals surface area (Å²) in [6, 6.07) is 11.1. The first-order valence-corrected chi connectivity index (χ1v) is 8.19. The molecule has 1 aliphatic carbocycles. The molecule has 1 heterocycles. The first kappa shape index (κ1) is 16.2. The zero-order valence-electron chi connectivity index (χ0n) is 13.7. The molecule has 0 atom stereocenters. The van der Waals surface area contributed by atoms with E-state index in [0.717, 1.165) is 24.8 Å². The lowest BCUT2D eigenvalue weighted by molar-refractivity contribution is 0.0795. The SMILES string of the molecule is CN(CCc1ccncc1)C(=O)c1ccc(C(=O)NC2CC2)cc1. The highest BCUT2D eigenvalue weighted by Crippen LogP contribution is 2.19. The first-order chi connectivity index (χ1) is 11.6. The fourth-order valence-corrected chi connectivity index (χ4v) is 2.43. The molecule has 3 rings (SSSR count). The van der Waals surface area contributed by atoms with E-state index in [2.05, 4.69) is 10.3 Å². The Labute approximate surface area is 141 Å². The van der Waals surface area contributed by atoms with Gasteiger partial charge in [-0.15, -0.1) is 0 Å². The highest BCUT2D eigenvalue weighted by atomic mass is 16.2. The molecule has 1 fully saturated rings. The Morgan fingerprint density at radius 1 is 1.08 bits per heavy atom. The number of pyridine rings is 1. The molecule has 2 aromatic rings. The van der Waals surface area contributed by atoms with Crippen LogP contribution in [-0.4, -0.2) is 41.3 Å². The van der Waals surface area contributed by atoms with Crippen LogP contribution in [0.1, 0.15) is 39.1 Å². The van der Waals surface area contributed by atoms with E-state index in [1.54, 1.807) is 48.6 Å². The highest BCUT2D eigenvalue weighted by Gasteiger charge is 2.23. The molecule has 1 saturated carbocycles. The van der Waals surface area contributed by atoms with Crippen molar-refractivity contribution in [3.8, 4) is 0 Å². The lowest BCUT2D eigenvalue weighted by Gasteiger charge is -2.17. The zero-order chi connectivity index (χ0) is 16.9. The van der Waals surface area contributed by atoms with Crippen molar-refractivity contribution in [2.45, 2.75) is 25.3 Å². The molecule has 0 unspecified atom stereocenters. The van der Waals surface area contributed by atoms with Crippen LogP contribution < -0.4 is 5.32 Å². The molecule has 1 aliphatic rings. The van der Waals surface area contributed by atoms with E-state index in [1.807, 2.05) is 12.1 Å². The average molecular weight is 323 g/mol. The van der Waals surface area contributed by atoms with Crippen molar-refractivity contribution in [3.63, 3.8) is 0 Å². The minimum Gasteiger partial charge on any atom is -0.349 e. The van der Waals surface area contributed by atoms with Gasteiger partial charge in [0.1, 0.15) is 0 Å². The second kappa shape index (κ2) is 7.25. The minimum absolute atomic E-state index is 0.0433. The lowest BCUT2D eigenvalue weighted by atomic mass is 10.1. The molecule has 5 nitrogen and oxygen atoms in total. The van der Waals surface area contributed by atoms with E-state index in [-0.39, 0.29) is 11.8 Å². The van der Waals surface area contributed by atoms with E-state index in [1.165, 1.54) is 0 Å². The van der Waals surface area contributed by atoms with E-state index in [9.17, 15) is 9.59 Å². The fraction of sp³-hybridized carbons (Fsp3) is 0.316. The molecule has 0 saturated heterocycles. The number of amides is 2. The number of hydrogen-bond acceptors (Lipinski definition) is 3. The number of nitrogens with zero attached hydrogens (tertiary/aromatic N) is 2. The van der Waals surface area contributed by atoms with Gasteiger partial charge in [0, 0.05) is 43.2 Å². The van der Waals surface area contributed by atoms with Crippen molar-refractivity contribution in [2.24, 2.45) is 0 Å². The molecule has 0 bridgehead atoms. The predicted molar refractivity (Wildman–Crippen MR) is 91.8 cm³/mol. The Bertz CT molecular complexity index is 709. The molecule has 24 heavy (non-hydrogen) atoms. The standard InChI is InChI=1S/C19H21N3O2/c1-22(13-10-14-8-11-20-12-9-14)19(24)16-4-2-15(3-5-16)18(23)21-17-6-7-17/h2-5,8-9,11-12,17H,6-7,10,13H2,1H3,(H,21,23). The number of rotatable bonds is 6. The smallest absolute Gasteiger partial charge is 0.253 e. The topological polar surface area (TPSA) is 62.3 Å². The summed E-state index contributed by atoms with van der Waals surface area (Å²) in [5.74, 6) is -0.110. The quantitative estimate of drug-likeness (QED) is 0.887. The molecule has 1 N–H and O–H groups in total. The third-order valence-corrected chi connectivity index (χ3v) is 4.14. The molecule has 0 spiro atoms. The van der Waals surface area contributed by atoms with E-state index in [0.29, 0.717) is 23.7 Å². The average Bonchev–Trinajstić information content (AvgIpc) is 3.44. The Kier molecular flexibility index (Phi) is 4.89. The van der Waals surface area contributed by atoms with Gasteiger partial charge in [-0.1, -0.05) is 0 Å². The maximum absolute atomic E-state index is 12.4. The summed E-state index contributed by atoms with van der Waals surface area (Å²) in [6.45, 7) is 0.632. The predicted octanol–water partition coefficient (Wildman–Crippen LogP) is 2.29. The van der Waals surface area contributed by atoms with E-state index < -0.39 is 0 Å². The summed E-state index contributed by atoms with van der Waals surface area (Å²) in [5, 5.41) is 2.94. The number of aromatic nitrogens is 1. The van der Waals surface area contributed by atoms with Gasteiger partial charge in [0.25, 0.3) is 11.8 Å². The molecule has 0 aliphatic heterocycles. The summed E-state index contributed by atoms with van der Waals surface area (Å²) in [6.07, 6.45) is 6.41. The van der Waals surface area contributed by atoms with Crippen LogP contribution in [0, 0.1) is 0 Å². The van der Waals surface area contributed by atoms with Gasteiger partial charge in [0.05, 0.1) is 0 Å². The van der Waals surface area contributed by atoms with Crippen molar-refractivity contribution in [2.75, 3.05) is 13.6 Å². The second-order valence-corrected chi connectivity index (χ2v) is 6.16. The summed E-state index contributed by atoms with van der Waals surface area (Å²) < 4.78 is 0. The van der Waals surface area contributed by atoms with Gasteiger partial charge in [-0.2, -0.15) is 0 Å². The summed E-state index contributed by atoms with van der Waals surface area (Å²) >= 11 is 0. The third-order valence-electron chi connectivity index (χ3n) is 4.14. The largest absolute Gasteiger partial charge is 0.349 e. The van der Waals surface area contributed by atoms with Crippen molar-refractivity contribution < 1.29 is 9.59 Å². The molecular formula is C19H21N3O2. The third kappa shape index (κ3) is 4.19. The molecule has 2 amide bonds. The van der Waals surface area contributed by atoms with Gasteiger partial charge in [0.15, 0.2) is 0 Å². The number of hydrogen-bond donors (Lipinski definition) is 1. The van der Waals surface area contributed by atoms with E-state index >= 15 is 0 Å². The van der Waals surface area contributed by atoms with Crippen LogP contribution in [0.5, 0.6) is 0 Å². The number of benzene rings is 1. The van der Waals surface area contributed by atoms with E-state index in [4.69, 9.17) is 0 Å². The van der Waals surface area contributed by atoms with Gasteiger partial charge in [-0.05, 0) is 61.2 Å². The normalized spacial score (nSPS) is 13.4. The Morgan fingerprint density at radius 3 is 2.33 bits per heavy atom. The maximum Gasteiger partial charge on any atom is 0.253 e. The van der Waals surface area contributed by atoms with Crippen LogP contribution in [-0.2, 0) is 6.42 Å². The van der Waals surface area contributed by atoms with Crippen molar-refractivity contribution in [1.29, 1.82) is 0 Å². The van der Waals surface area contributed by atoms with Gasteiger partial charge in [0.2, 0.25) is 0 Å². The van der Waals surface area contributed by atoms with Gasteiger partial charge >= 0.3 is 0 Å². The number of likely N-dealkylation sites (N-methyl/N-ethyl adjacent to an activating group) is 1. The van der Waals surface area contributed by atoms with Crippen LogP contribution in [0.2, 0.25) is 0 Å². The summed E-state index contributed by atoms with van der Waals surface area (Å²) in [5.41, 5.74) is 2.34. The molecule has 1 aromatic heterocycles. The maximum atomic E-state index is 12.4. The first-order valence-electron chi connectivity index (χ1n) is 8.19. The summed E-state index contributed by atoms with van der Waals surface area (Å²) in [7, 11) is 1.79. The van der Waals surface area contributed by atoms with Crippen molar-refractivity contribution >= 4 is 11.8 Å². The monoisotopic (exact) mass is 323 g/mol. The zero-order valence-corrected chi connectivity index (χ0v) is 13.7. The van der Waals surface area contributed by atoms with Crippen LogP contribution in [0.4, 0.5) is 0 Å². The van der Waals surface area contributed by atoms with Gasteiger partial charge in [-0.25, -0.2) is 0 Å². The molecule has 1 aromatic carbocycles. The molecule has 0 radical (unpaired) electrons. The van der Waals surface area contributed by atoms with Crippen LogP contribution in [0.25, 0.3) is 0 Å².